The summed E-state index contributed by atoms with van der Waals surface area (Å²) in [4.78, 5) is 12.5. The van der Waals surface area contributed by atoms with Gasteiger partial charge >= 0.3 is 6.61 Å². The van der Waals surface area contributed by atoms with Crippen molar-refractivity contribution in [3.63, 3.8) is 0 Å². The van der Waals surface area contributed by atoms with E-state index in [0.29, 0.717) is 16.9 Å². The summed E-state index contributed by atoms with van der Waals surface area (Å²) in [6.07, 6.45) is 0. The van der Waals surface area contributed by atoms with Crippen LogP contribution < -0.4 is 20.5 Å². The van der Waals surface area contributed by atoms with Crippen molar-refractivity contribution in [3.05, 3.63) is 59.7 Å². The number of alkyl halides is 2. The van der Waals surface area contributed by atoms with Gasteiger partial charge in [0.1, 0.15) is 17.0 Å². The molecule has 1 atom stereocenters. The van der Waals surface area contributed by atoms with E-state index in [-0.39, 0.29) is 24.7 Å². The Morgan fingerprint density at radius 1 is 1.23 bits per heavy atom. The van der Waals surface area contributed by atoms with E-state index in [1.807, 2.05) is 6.07 Å². The molecule has 0 aromatic heterocycles. The van der Waals surface area contributed by atoms with Gasteiger partial charge in [0.05, 0.1) is 7.11 Å². The maximum absolute atomic E-state index is 12.5. The van der Waals surface area contributed by atoms with Crippen molar-refractivity contribution in [2.24, 2.45) is 5.73 Å². The average molecular weight is 387 g/mol. The van der Waals surface area contributed by atoms with Gasteiger partial charge in [-0.25, -0.2) is 0 Å². The standard InChI is InChI=1S/C18H20F2N2O3.ClH/c1-18(21,13-6-4-3-5-7-13)16(23)22-11-12-10-14(24-2)8-9-15(12)25-17(19)20;/h3-10,17H,11,21H2,1-2H3,(H,22,23);1H. The fourth-order valence-electron chi connectivity index (χ4n) is 2.31. The highest BCUT2D eigenvalue weighted by Crippen LogP contribution is 2.26. The lowest BCUT2D eigenvalue weighted by Crippen LogP contribution is -2.48. The highest BCUT2D eigenvalue weighted by Gasteiger charge is 2.30. The largest absolute Gasteiger partial charge is 0.497 e. The van der Waals surface area contributed by atoms with Gasteiger partial charge in [-0.2, -0.15) is 8.78 Å². The van der Waals surface area contributed by atoms with Gasteiger partial charge in [-0.3, -0.25) is 4.79 Å². The predicted octanol–water partition coefficient (Wildman–Crippen LogP) is 3.21. The summed E-state index contributed by atoms with van der Waals surface area (Å²) in [5.74, 6) is -0.0107. The molecular formula is C18H21ClF2N2O3. The smallest absolute Gasteiger partial charge is 0.387 e. The van der Waals surface area contributed by atoms with Crippen LogP contribution in [0.5, 0.6) is 11.5 Å². The van der Waals surface area contributed by atoms with Crippen molar-refractivity contribution >= 4 is 18.3 Å². The molecule has 0 fully saturated rings. The molecule has 0 aliphatic rings. The molecule has 2 aromatic rings. The minimum atomic E-state index is -2.97. The second-order valence-corrected chi connectivity index (χ2v) is 5.60. The van der Waals surface area contributed by atoms with Gasteiger partial charge in [0.25, 0.3) is 0 Å². The second kappa shape index (κ2) is 9.35. The van der Waals surface area contributed by atoms with Gasteiger partial charge in [-0.05, 0) is 30.7 Å². The lowest BCUT2D eigenvalue weighted by atomic mass is 9.92. The summed E-state index contributed by atoms with van der Waals surface area (Å²) >= 11 is 0. The topological polar surface area (TPSA) is 73.6 Å². The van der Waals surface area contributed by atoms with Crippen molar-refractivity contribution < 1.29 is 23.0 Å². The minimum absolute atomic E-state index is 0. The second-order valence-electron chi connectivity index (χ2n) is 5.60. The molecule has 0 saturated heterocycles. The molecule has 0 spiro atoms. The summed E-state index contributed by atoms with van der Waals surface area (Å²) in [6, 6.07) is 13.3. The molecule has 0 aliphatic heterocycles. The normalized spacial score (nSPS) is 12.7. The maximum atomic E-state index is 12.5. The predicted molar refractivity (Wildman–Crippen MR) is 96.7 cm³/mol. The van der Waals surface area contributed by atoms with Crippen LogP contribution in [0.1, 0.15) is 18.1 Å². The molecule has 0 aliphatic carbocycles. The molecule has 2 rings (SSSR count). The zero-order valence-electron chi connectivity index (χ0n) is 14.4. The Kier molecular flexibility index (Phi) is 7.79. The lowest BCUT2D eigenvalue weighted by molar-refractivity contribution is -0.126. The van der Waals surface area contributed by atoms with Crippen LogP contribution >= 0.6 is 12.4 Å². The number of nitrogens with one attached hydrogen (secondary N) is 1. The Bertz CT molecular complexity index is 728. The Morgan fingerprint density at radius 3 is 2.46 bits per heavy atom. The first-order valence-corrected chi connectivity index (χ1v) is 7.59. The van der Waals surface area contributed by atoms with E-state index in [1.165, 1.54) is 25.3 Å². The third-order valence-corrected chi connectivity index (χ3v) is 3.77. The van der Waals surface area contributed by atoms with Crippen molar-refractivity contribution in [2.75, 3.05) is 7.11 Å². The molecule has 0 saturated carbocycles. The van der Waals surface area contributed by atoms with E-state index in [0.717, 1.165) is 0 Å². The van der Waals surface area contributed by atoms with Gasteiger partial charge in [0.2, 0.25) is 5.91 Å². The van der Waals surface area contributed by atoms with Crippen LogP contribution in [0.4, 0.5) is 8.78 Å². The van der Waals surface area contributed by atoms with Crippen LogP contribution in [0.25, 0.3) is 0 Å². The number of benzene rings is 2. The Labute approximate surface area is 156 Å². The highest BCUT2D eigenvalue weighted by molar-refractivity contribution is 5.87. The van der Waals surface area contributed by atoms with Crippen LogP contribution in [0.3, 0.4) is 0 Å². The number of hydrogen-bond acceptors (Lipinski definition) is 4. The number of carbonyl (C=O) groups excluding carboxylic acids is 1. The van der Waals surface area contributed by atoms with Crippen LogP contribution in [0.15, 0.2) is 48.5 Å². The molecule has 5 nitrogen and oxygen atoms in total. The highest BCUT2D eigenvalue weighted by atomic mass is 35.5. The summed E-state index contributed by atoms with van der Waals surface area (Å²) in [5.41, 5.74) is 5.87. The molecule has 1 amide bonds. The zero-order chi connectivity index (χ0) is 18.4. The van der Waals surface area contributed by atoms with Gasteiger partial charge in [-0.15, -0.1) is 12.4 Å². The quantitative estimate of drug-likeness (QED) is 0.766. The van der Waals surface area contributed by atoms with Crippen molar-refractivity contribution in [1.82, 2.24) is 5.32 Å². The van der Waals surface area contributed by atoms with Crippen LogP contribution in [0, 0.1) is 0 Å². The van der Waals surface area contributed by atoms with Crippen LogP contribution in [-0.2, 0) is 16.9 Å². The lowest BCUT2D eigenvalue weighted by Gasteiger charge is -2.24. The summed E-state index contributed by atoms with van der Waals surface area (Å²) in [5, 5.41) is 2.66. The van der Waals surface area contributed by atoms with E-state index in [1.54, 1.807) is 31.2 Å². The average Bonchev–Trinajstić information content (AvgIpc) is 2.60. The Hall–Kier alpha value is -2.38. The fraction of sp³-hybridized carbons (Fsp3) is 0.278. The SMILES string of the molecule is COc1ccc(OC(F)F)c(CNC(=O)C(C)(N)c2ccccc2)c1.Cl. The molecule has 142 valence electrons. The fourth-order valence-corrected chi connectivity index (χ4v) is 2.31. The van der Waals surface area contributed by atoms with Crippen molar-refractivity contribution in [1.29, 1.82) is 0 Å². The molecule has 2 aromatic carbocycles. The summed E-state index contributed by atoms with van der Waals surface area (Å²) in [6.45, 7) is -1.41. The molecule has 0 bridgehead atoms. The minimum Gasteiger partial charge on any atom is -0.497 e. The van der Waals surface area contributed by atoms with E-state index >= 15 is 0 Å². The van der Waals surface area contributed by atoms with Crippen molar-refractivity contribution in [3.8, 4) is 11.5 Å². The van der Waals surface area contributed by atoms with Crippen LogP contribution in [0.2, 0.25) is 0 Å². The first kappa shape index (κ1) is 21.7. The summed E-state index contributed by atoms with van der Waals surface area (Å²) in [7, 11) is 1.46. The first-order valence-electron chi connectivity index (χ1n) is 7.59. The number of carbonyl (C=O) groups is 1. The third-order valence-electron chi connectivity index (χ3n) is 3.77. The number of methoxy groups -OCH3 is 1. The van der Waals surface area contributed by atoms with Gasteiger partial charge in [0.15, 0.2) is 0 Å². The maximum Gasteiger partial charge on any atom is 0.387 e. The molecule has 0 heterocycles. The number of amides is 1. The van der Waals surface area contributed by atoms with E-state index < -0.39 is 18.1 Å². The molecule has 3 N–H and O–H groups in total. The third kappa shape index (κ3) is 5.31. The van der Waals surface area contributed by atoms with Gasteiger partial charge in [0, 0.05) is 12.1 Å². The van der Waals surface area contributed by atoms with Gasteiger partial charge < -0.3 is 20.5 Å². The molecule has 1 unspecified atom stereocenters. The number of rotatable bonds is 7. The molecule has 8 heteroatoms. The Morgan fingerprint density at radius 2 is 1.88 bits per heavy atom. The monoisotopic (exact) mass is 386 g/mol. The van der Waals surface area contributed by atoms with E-state index in [2.05, 4.69) is 10.1 Å². The van der Waals surface area contributed by atoms with Gasteiger partial charge in [-0.1, -0.05) is 30.3 Å². The Balaban J connectivity index is 0.00000338. The molecular weight excluding hydrogens is 366 g/mol. The molecule has 0 radical (unpaired) electrons. The van der Waals surface area contributed by atoms with Crippen molar-refractivity contribution in [2.45, 2.75) is 25.6 Å². The van der Waals surface area contributed by atoms with E-state index in [9.17, 15) is 13.6 Å². The number of halogens is 3. The first-order chi connectivity index (χ1) is 11.8. The number of ether oxygens (including phenoxy) is 2. The van der Waals surface area contributed by atoms with E-state index in [4.69, 9.17) is 10.5 Å². The number of nitrogens with two attached hydrogens (primary N) is 1. The number of hydrogen-bond donors (Lipinski definition) is 2. The summed E-state index contributed by atoms with van der Waals surface area (Å²) < 4.78 is 34.6. The van der Waals surface area contributed by atoms with Crippen LogP contribution in [-0.4, -0.2) is 19.6 Å². The molecule has 26 heavy (non-hydrogen) atoms. The zero-order valence-corrected chi connectivity index (χ0v) is 15.2.